The van der Waals surface area contributed by atoms with Gasteiger partial charge in [-0.1, -0.05) is 18.5 Å². The molecule has 1 fully saturated rings. The van der Waals surface area contributed by atoms with E-state index in [-0.39, 0.29) is 18.4 Å². The summed E-state index contributed by atoms with van der Waals surface area (Å²) >= 11 is 5.84. The molecule has 2 unspecified atom stereocenters. The van der Waals surface area contributed by atoms with Crippen LogP contribution in [-0.4, -0.2) is 40.6 Å². The highest BCUT2D eigenvalue weighted by atomic mass is 35.5. The zero-order valence-corrected chi connectivity index (χ0v) is 14.3. The number of carbonyl (C=O) groups excluding carboxylic acids is 1. The number of hydrogen-bond donors (Lipinski definition) is 1. The zero-order chi connectivity index (χ0) is 17.2. The standard InChI is InChI=1S/C17H22ClNO4/c1-11-8-12(15(20)21)10-19(9-11)16(22)17(2,3)23-14-6-4-13(18)5-7-14/h4-7,11-12H,8-10H2,1-3H3,(H,20,21). The van der Waals surface area contributed by atoms with Crippen LogP contribution in [-0.2, 0) is 9.59 Å². The Morgan fingerprint density at radius 2 is 1.87 bits per heavy atom. The van der Waals surface area contributed by atoms with Crippen molar-refractivity contribution in [3.8, 4) is 5.75 Å². The van der Waals surface area contributed by atoms with Crippen LogP contribution in [0.25, 0.3) is 0 Å². The van der Waals surface area contributed by atoms with E-state index in [1.165, 1.54) is 0 Å². The molecule has 1 saturated heterocycles. The van der Waals surface area contributed by atoms with E-state index in [1.54, 1.807) is 43.0 Å². The lowest BCUT2D eigenvalue weighted by Gasteiger charge is -2.39. The number of carbonyl (C=O) groups is 2. The molecule has 1 aliphatic rings. The number of ether oxygens (including phenoxy) is 1. The third-order valence-corrected chi connectivity index (χ3v) is 4.25. The van der Waals surface area contributed by atoms with E-state index in [9.17, 15) is 14.7 Å². The minimum atomic E-state index is -1.08. The molecule has 0 radical (unpaired) electrons. The third kappa shape index (κ3) is 4.38. The fourth-order valence-corrected chi connectivity index (χ4v) is 3.04. The second-order valence-corrected chi connectivity index (χ2v) is 7.09. The van der Waals surface area contributed by atoms with Crippen LogP contribution < -0.4 is 4.74 Å². The predicted molar refractivity (Wildman–Crippen MR) is 87.6 cm³/mol. The van der Waals surface area contributed by atoms with Crippen LogP contribution >= 0.6 is 11.6 Å². The van der Waals surface area contributed by atoms with Crippen LogP contribution in [0.1, 0.15) is 27.2 Å². The lowest BCUT2D eigenvalue weighted by Crippen LogP contribution is -2.54. The first-order valence-electron chi connectivity index (χ1n) is 7.66. The topological polar surface area (TPSA) is 66.8 Å². The monoisotopic (exact) mass is 339 g/mol. The maximum atomic E-state index is 12.8. The Hall–Kier alpha value is -1.75. The van der Waals surface area contributed by atoms with Crippen molar-refractivity contribution in [1.29, 1.82) is 0 Å². The Morgan fingerprint density at radius 1 is 1.26 bits per heavy atom. The lowest BCUT2D eigenvalue weighted by molar-refractivity contribution is -0.153. The molecule has 1 N–H and O–H groups in total. The van der Waals surface area contributed by atoms with Crippen LogP contribution in [0.3, 0.4) is 0 Å². The van der Waals surface area contributed by atoms with E-state index in [4.69, 9.17) is 16.3 Å². The van der Waals surface area contributed by atoms with E-state index in [2.05, 4.69) is 0 Å². The molecular weight excluding hydrogens is 318 g/mol. The summed E-state index contributed by atoms with van der Waals surface area (Å²) in [6.07, 6.45) is 0.595. The summed E-state index contributed by atoms with van der Waals surface area (Å²) in [7, 11) is 0. The quantitative estimate of drug-likeness (QED) is 0.915. The summed E-state index contributed by atoms with van der Waals surface area (Å²) in [6, 6.07) is 6.80. The van der Waals surface area contributed by atoms with E-state index in [0.717, 1.165) is 0 Å². The van der Waals surface area contributed by atoms with E-state index in [1.807, 2.05) is 6.92 Å². The summed E-state index contributed by atoms with van der Waals surface area (Å²) in [5, 5.41) is 9.83. The normalized spacial score (nSPS) is 21.8. The molecule has 1 heterocycles. The zero-order valence-electron chi connectivity index (χ0n) is 13.6. The van der Waals surface area contributed by atoms with E-state index >= 15 is 0 Å². The highest BCUT2D eigenvalue weighted by Crippen LogP contribution is 2.27. The molecule has 1 aliphatic heterocycles. The fourth-order valence-electron chi connectivity index (χ4n) is 2.92. The molecule has 1 amide bonds. The van der Waals surface area contributed by atoms with Gasteiger partial charge < -0.3 is 14.7 Å². The Bertz CT molecular complexity index is 585. The average molecular weight is 340 g/mol. The highest BCUT2D eigenvalue weighted by Gasteiger charge is 2.39. The largest absolute Gasteiger partial charge is 0.481 e. The Labute approximate surface area is 141 Å². The Balaban J connectivity index is 2.10. The van der Waals surface area contributed by atoms with Crippen molar-refractivity contribution in [2.75, 3.05) is 13.1 Å². The first-order valence-corrected chi connectivity index (χ1v) is 8.03. The van der Waals surface area contributed by atoms with Crippen LogP contribution in [0.2, 0.25) is 5.02 Å². The molecule has 0 spiro atoms. The fraction of sp³-hybridized carbons (Fsp3) is 0.529. The van der Waals surface area contributed by atoms with Crippen molar-refractivity contribution in [3.63, 3.8) is 0 Å². The average Bonchev–Trinajstić information content (AvgIpc) is 2.48. The number of hydrogen-bond acceptors (Lipinski definition) is 3. The molecule has 23 heavy (non-hydrogen) atoms. The number of nitrogens with zero attached hydrogens (tertiary/aromatic N) is 1. The number of benzene rings is 1. The van der Waals surface area contributed by atoms with Gasteiger partial charge in [0, 0.05) is 18.1 Å². The predicted octanol–water partition coefficient (Wildman–Crippen LogP) is 3.07. The maximum absolute atomic E-state index is 12.8. The molecule has 1 aromatic rings. The number of amides is 1. The SMILES string of the molecule is CC1CC(C(=O)O)CN(C(=O)C(C)(C)Oc2ccc(Cl)cc2)C1. The van der Waals surface area contributed by atoms with Crippen molar-refractivity contribution in [3.05, 3.63) is 29.3 Å². The van der Waals surface area contributed by atoms with Crippen molar-refractivity contribution in [1.82, 2.24) is 4.90 Å². The molecule has 126 valence electrons. The first kappa shape index (κ1) is 17.6. The number of rotatable bonds is 4. The molecule has 2 atom stereocenters. The molecule has 0 bridgehead atoms. The van der Waals surface area contributed by atoms with Gasteiger partial charge in [-0.15, -0.1) is 0 Å². The van der Waals surface area contributed by atoms with Gasteiger partial charge in [-0.2, -0.15) is 0 Å². The van der Waals surface area contributed by atoms with Gasteiger partial charge in [0.05, 0.1) is 5.92 Å². The number of carboxylic acid groups (broad SMARTS) is 1. The third-order valence-electron chi connectivity index (χ3n) is 4.00. The first-order chi connectivity index (χ1) is 10.7. The van der Waals surface area contributed by atoms with Gasteiger partial charge in [0.15, 0.2) is 5.60 Å². The number of aliphatic carboxylic acids is 1. The minimum absolute atomic E-state index is 0.153. The van der Waals surface area contributed by atoms with Gasteiger partial charge in [-0.3, -0.25) is 9.59 Å². The number of carboxylic acids is 1. The highest BCUT2D eigenvalue weighted by molar-refractivity contribution is 6.30. The number of likely N-dealkylation sites (tertiary alicyclic amines) is 1. The number of halogens is 1. The van der Waals surface area contributed by atoms with Gasteiger partial charge in [-0.25, -0.2) is 0 Å². The van der Waals surface area contributed by atoms with Crippen molar-refractivity contribution in [2.45, 2.75) is 32.8 Å². The molecule has 0 saturated carbocycles. The maximum Gasteiger partial charge on any atom is 0.308 e. The van der Waals surface area contributed by atoms with Crippen molar-refractivity contribution >= 4 is 23.5 Å². The smallest absolute Gasteiger partial charge is 0.308 e. The number of piperidine rings is 1. The van der Waals surface area contributed by atoms with Gasteiger partial charge in [0.2, 0.25) is 0 Å². The summed E-state index contributed by atoms with van der Waals surface area (Å²) in [4.78, 5) is 25.6. The molecule has 0 aromatic heterocycles. The minimum Gasteiger partial charge on any atom is -0.481 e. The van der Waals surface area contributed by atoms with Crippen LogP contribution in [0.15, 0.2) is 24.3 Å². The van der Waals surface area contributed by atoms with E-state index < -0.39 is 17.5 Å². The summed E-state index contributed by atoms with van der Waals surface area (Å²) in [5.41, 5.74) is -1.08. The Morgan fingerprint density at radius 3 is 2.43 bits per heavy atom. The summed E-state index contributed by atoms with van der Waals surface area (Å²) < 4.78 is 5.81. The van der Waals surface area contributed by atoms with Gasteiger partial charge in [0.1, 0.15) is 5.75 Å². The van der Waals surface area contributed by atoms with Gasteiger partial charge in [0.25, 0.3) is 5.91 Å². The second kappa shape index (κ2) is 6.79. The van der Waals surface area contributed by atoms with Crippen LogP contribution in [0.4, 0.5) is 0 Å². The van der Waals surface area contributed by atoms with Gasteiger partial charge in [-0.05, 0) is 50.5 Å². The van der Waals surface area contributed by atoms with Crippen molar-refractivity contribution in [2.24, 2.45) is 11.8 Å². The lowest BCUT2D eigenvalue weighted by atomic mass is 9.89. The van der Waals surface area contributed by atoms with E-state index in [0.29, 0.717) is 23.7 Å². The molecule has 2 rings (SSSR count). The molecular formula is C17H22ClNO4. The van der Waals surface area contributed by atoms with Crippen LogP contribution in [0.5, 0.6) is 5.75 Å². The summed E-state index contributed by atoms with van der Waals surface area (Å²) in [5.74, 6) is -0.877. The summed E-state index contributed by atoms with van der Waals surface area (Å²) in [6.45, 7) is 6.13. The molecule has 0 aliphatic carbocycles. The molecule has 5 nitrogen and oxygen atoms in total. The molecule has 1 aromatic carbocycles. The van der Waals surface area contributed by atoms with Crippen LogP contribution in [0, 0.1) is 11.8 Å². The van der Waals surface area contributed by atoms with Crippen molar-refractivity contribution < 1.29 is 19.4 Å². The second-order valence-electron chi connectivity index (χ2n) is 6.65. The Kier molecular flexibility index (Phi) is 5.19. The molecule has 6 heteroatoms. The van der Waals surface area contributed by atoms with Gasteiger partial charge >= 0.3 is 5.97 Å².